The Hall–Kier alpha value is -1.30. The van der Waals surface area contributed by atoms with Crippen LogP contribution in [0.5, 0.6) is 0 Å². The maximum atomic E-state index is 11.9. The van der Waals surface area contributed by atoms with Crippen LogP contribution in [-0.2, 0) is 9.31 Å². The third-order valence-corrected chi connectivity index (χ3v) is 4.64. The highest BCUT2D eigenvalue weighted by Gasteiger charge is 2.52. The SMILES string of the molecule is CC1(C)OB(c2c[nH]c(=O)c3ccc(Cl)cc23)OC1(C)C. The van der Waals surface area contributed by atoms with Crippen LogP contribution in [0, 0.1) is 0 Å². The van der Waals surface area contributed by atoms with Gasteiger partial charge in [0.05, 0.1) is 11.2 Å². The third kappa shape index (κ3) is 2.29. The molecule has 0 saturated carbocycles. The van der Waals surface area contributed by atoms with Gasteiger partial charge in [-0.05, 0) is 51.3 Å². The number of nitrogens with one attached hydrogen (secondary N) is 1. The van der Waals surface area contributed by atoms with Gasteiger partial charge >= 0.3 is 7.12 Å². The van der Waals surface area contributed by atoms with Crippen molar-refractivity contribution in [2.45, 2.75) is 38.9 Å². The van der Waals surface area contributed by atoms with Crippen molar-refractivity contribution in [2.24, 2.45) is 0 Å². The second-order valence-corrected chi connectivity index (χ2v) is 6.79. The first-order valence-electron chi connectivity index (χ1n) is 6.88. The average molecular weight is 306 g/mol. The van der Waals surface area contributed by atoms with Gasteiger partial charge in [0.1, 0.15) is 0 Å². The zero-order valence-electron chi connectivity index (χ0n) is 12.5. The molecule has 0 unspecified atom stereocenters. The molecule has 2 heterocycles. The molecule has 1 fully saturated rings. The average Bonchev–Trinajstić information content (AvgIpc) is 2.58. The van der Waals surface area contributed by atoms with Crippen molar-refractivity contribution in [1.82, 2.24) is 4.98 Å². The van der Waals surface area contributed by atoms with Gasteiger partial charge < -0.3 is 14.3 Å². The van der Waals surface area contributed by atoms with E-state index >= 15 is 0 Å². The van der Waals surface area contributed by atoms with Gasteiger partial charge in [0, 0.05) is 22.1 Å². The minimum Gasteiger partial charge on any atom is -0.399 e. The predicted octanol–water partition coefficient (Wildman–Crippen LogP) is 2.48. The number of benzene rings is 1. The fraction of sp³-hybridized carbons (Fsp3) is 0.400. The fourth-order valence-electron chi connectivity index (χ4n) is 2.42. The van der Waals surface area contributed by atoms with Crippen LogP contribution in [0.1, 0.15) is 27.7 Å². The maximum Gasteiger partial charge on any atom is 0.496 e. The van der Waals surface area contributed by atoms with E-state index in [1.807, 2.05) is 27.7 Å². The van der Waals surface area contributed by atoms with E-state index in [-0.39, 0.29) is 5.56 Å². The largest absolute Gasteiger partial charge is 0.496 e. The highest BCUT2D eigenvalue weighted by Crippen LogP contribution is 2.36. The van der Waals surface area contributed by atoms with Crippen LogP contribution in [-0.4, -0.2) is 23.3 Å². The van der Waals surface area contributed by atoms with Crippen LogP contribution in [0.15, 0.2) is 29.2 Å². The van der Waals surface area contributed by atoms with Gasteiger partial charge in [0.25, 0.3) is 5.56 Å². The van der Waals surface area contributed by atoms with E-state index in [9.17, 15) is 4.79 Å². The fourth-order valence-corrected chi connectivity index (χ4v) is 2.59. The van der Waals surface area contributed by atoms with E-state index in [1.54, 1.807) is 24.4 Å². The van der Waals surface area contributed by atoms with Gasteiger partial charge in [-0.2, -0.15) is 0 Å². The Balaban J connectivity index is 2.17. The Kier molecular flexibility index (Phi) is 3.21. The van der Waals surface area contributed by atoms with E-state index in [0.29, 0.717) is 10.4 Å². The number of aromatic amines is 1. The zero-order valence-corrected chi connectivity index (χ0v) is 13.2. The van der Waals surface area contributed by atoms with Gasteiger partial charge in [-0.25, -0.2) is 0 Å². The molecule has 1 N–H and O–H groups in total. The number of hydrogen-bond donors (Lipinski definition) is 1. The molecule has 1 saturated heterocycles. The molecule has 0 amide bonds. The molecule has 0 spiro atoms. The number of fused-ring (bicyclic) bond motifs is 1. The van der Waals surface area contributed by atoms with E-state index in [2.05, 4.69) is 4.98 Å². The summed E-state index contributed by atoms with van der Waals surface area (Å²) >= 11 is 6.07. The lowest BCUT2D eigenvalue weighted by molar-refractivity contribution is 0.00578. The summed E-state index contributed by atoms with van der Waals surface area (Å²) in [7, 11) is -0.534. The van der Waals surface area contributed by atoms with Crippen molar-refractivity contribution in [2.75, 3.05) is 0 Å². The number of rotatable bonds is 1. The van der Waals surface area contributed by atoms with Crippen LogP contribution < -0.4 is 11.0 Å². The lowest BCUT2D eigenvalue weighted by atomic mass is 9.77. The quantitative estimate of drug-likeness (QED) is 0.824. The molecule has 1 aliphatic rings. The van der Waals surface area contributed by atoms with E-state index < -0.39 is 18.3 Å². The number of hydrogen-bond acceptors (Lipinski definition) is 3. The molecule has 0 atom stereocenters. The molecule has 0 aliphatic carbocycles. The van der Waals surface area contributed by atoms with Gasteiger partial charge in [0.2, 0.25) is 0 Å². The standard InChI is InChI=1S/C15H17BClNO3/c1-14(2)15(3,4)21-16(20-14)12-8-18-13(19)10-6-5-9(17)7-11(10)12/h5-8H,1-4H3,(H,18,19). The minimum absolute atomic E-state index is 0.151. The first-order valence-corrected chi connectivity index (χ1v) is 7.25. The zero-order chi connectivity index (χ0) is 15.4. The second-order valence-electron chi connectivity index (χ2n) is 6.35. The van der Waals surface area contributed by atoms with Crippen molar-refractivity contribution >= 4 is 35.0 Å². The molecule has 110 valence electrons. The molecule has 6 heteroatoms. The van der Waals surface area contributed by atoms with Crippen molar-refractivity contribution in [3.8, 4) is 0 Å². The molecule has 1 aromatic carbocycles. The summed E-state index contributed by atoms with van der Waals surface area (Å²) in [5, 5.41) is 1.90. The highest BCUT2D eigenvalue weighted by atomic mass is 35.5. The monoisotopic (exact) mass is 305 g/mol. The summed E-state index contributed by atoms with van der Waals surface area (Å²) in [5.74, 6) is 0. The Morgan fingerprint density at radius 2 is 1.71 bits per heavy atom. The van der Waals surface area contributed by atoms with Gasteiger partial charge in [-0.3, -0.25) is 4.79 Å². The molecule has 0 bridgehead atoms. The summed E-state index contributed by atoms with van der Waals surface area (Å²) in [4.78, 5) is 14.7. The summed E-state index contributed by atoms with van der Waals surface area (Å²) in [6.07, 6.45) is 1.64. The topological polar surface area (TPSA) is 51.3 Å². The van der Waals surface area contributed by atoms with Crippen LogP contribution in [0.3, 0.4) is 0 Å². The summed E-state index contributed by atoms with van der Waals surface area (Å²) < 4.78 is 12.1. The Bertz CT molecular complexity index is 753. The van der Waals surface area contributed by atoms with Crippen molar-refractivity contribution < 1.29 is 9.31 Å². The Morgan fingerprint density at radius 1 is 1.10 bits per heavy atom. The molecule has 1 aromatic heterocycles. The lowest BCUT2D eigenvalue weighted by Gasteiger charge is -2.32. The minimum atomic E-state index is -0.534. The molecular formula is C15H17BClNO3. The third-order valence-electron chi connectivity index (χ3n) is 4.40. The van der Waals surface area contributed by atoms with E-state index in [4.69, 9.17) is 20.9 Å². The van der Waals surface area contributed by atoms with Crippen LogP contribution in [0.2, 0.25) is 5.02 Å². The van der Waals surface area contributed by atoms with Crippen molar-refractivity contribution in [1.29, 1.82) is 0 Å². The molecule has 0 radical (unpaired) electrons. The first-order chi connectivity index (χ1) is 9.71. The van der Waals surface area contributed by atoms with E-state index in [1.165, 1.54) is 0 Å². The van der Waals surface area contributed by atoms with Gasteiger partial charge in [-0.1, -0.05) is 11.6 Å². The van der Waals surface area contributed by atoms with Gasteiger partial charge in [0.15, 0.2) is 0 Å². The summed E-state index contributed by atoms with van der Waals surface area (Å²) in [5.41, 5.74) is -0.232. The Labute approximate surface area is 128 Å². The molecule has 1 aliphatic heterocycles. The van der Waals surface area contributed by atoms with Crippen LogP contribution in [0.4, 0.5) is 0 Å². The van der Waals surface area contributed by atoms with E-state index in [0.717, 1.165) is 10.8 Å². The normalized spacial score (nSPS) is 20.1. The maximum absolute atomic E-state index is 11.9. The van der Waals surface area contributed by atoms with Crippen molar-refractivity contribution in [3.05, 3.63) is 39.8 Å². The smallest absolute Gasteiger partial charge is 0.399 e. The molecule has 3 rings (SSSR count). The number of halogens is 1. The first kappa shape index (κ1) is 14.6. The molecule has 21 heavy (non-hydrogen) atoms. The molecular weight excluding hydrogens is 288 g/mol. The summed E-state index contributed by atoms with van der Waals surface area (Å²) in [6.45, 7) is 7.98. The van der Waals surface area contributed by atoms with Gasteiger partial charge in [-0.15, -0.1) is 0 Å². The number of aromatic nitrogens is 1. The molecule has 4 nitrogen and oxygen atoms in total. The Morgan fingerprint density at radius 3 is 2.33 bits per heavy atom. The summed E-state index contributed by atoms with van der Waals surface area (Å²) in [6, 6.07) is 5.19. The molecule has 2 aromatic rings. The number of H-pyrrole nitrogens is 1. The highest BCUT2D eigenvalue weighted by molar-refractivity contribution is 6.65. The predicted molar refractivity (Wildman–Crippen MR) is 85.3 cm³/mol. The second kappa shape index (κ2) is 4.60. The lowest BCUT2D eigenvalue weighted by Crippen LogP contribution is -2.41. The van der Waals surface area contributed by atoms with Crippen LogP contribution in [0.25, 0.3) is 10.8 Å². The van der Waals surface area contributed by atoms with Crippen LogP contribution >= 0.6 is 11.6 Å². The van der Waals surface area contributed by atoms with Crippen molar-refractivity contribution in [3.63, 3.8) is 0 Å². The number of pyridine rings is 1.